The molecule has 0 aliphatic carbocycles. The van der Waals surface area contributed by atoms with Crippen LogP contribution in [-0.2, 0) is 20.3 Å². The van der Waals surface area contributed by atoms with Crippen molar-refractivity contribution in [3.05, 3.63) is 89.2 Å². The van der Waals surface area contributed by atoms with E-state index in [1.807, 2.05) is 32.9 Å². The maximum atomic E-state index is 15.3. The van der Waals surface area contributed by atoms with Crippen LogP contribution in [0.2, 0.25) is 5.04 Å². The number of hydrogen-bond donors (Lipinski definition) is 0. The summed E-state index contributed by atoms with van der Waals surface area (Å²) in [5.74, 6) is -1.35. The molecule has 260 valence electrons. The second kappa shape index (κ2) is 14.8. The van der Waals surface area contributed by atoms with E-state index in [1.54, 1.807) is 31.7 Å². The monoisotopic (exact) mass is 677 g/mol. The second-order valence-electron chi connectivity index (χ2n) is 15.0. The van der Waals surface area contributed by atoms with Gasteiger partial charge in [0.2, 0.25) is 0 Å². The zero-order valence-corrected chi connectivity index (χ0v) is 31.2. The first-order valence-electron chi connectivity index (χ1n) is 16.8. The van der Waals surface area contributed by atoms with Gasteiger partial charge in [-0.05, 0) is 87.3 Å². The maximum absolute atomic E-state index is 15.3. The Balaban J connectivity index is 1.74. The third kappa shape index (κ3) is 8.12. The number of nitrogens with zero attached hydrogens (tertiary/aromatic N) is 1. The topological polar surface area (TPSA) is 74.3 Å². The summed E-state index contributed by atoms with van der Waals surface area (Å²) in [5, 5.41) is 2.09. The molecule has 1 aliphatic rings. The summed E-state index contributed by atoms with van der Waals surface area (Å²) in [6.07, 6.45) is 0.421. The number of rotatable bonds is 10. The third-order valence-electron chi connectivity index (χ3n) is 8.74. The van der Waals surface area contributed by atoms with Crippen LogP contribution in [0.1, 0.15) is 89.7 Å². The summed E-state index contributed by atoms with van der Waals surface area (Å²) in [6.45, 7) is 17.8. The van der Waals surface area contributed by atoms with E-state index in [2.05, 4.69) is 69.3 Å². The highest BCUT2D eigenvalue weighted by Gasteiger charge is 2.53. The minimum absolute atomic E-state index is 0.0798. The molecule has 1 saturated heterocycles. The fraction of sp³-hybridized carbons (Fsp3) is 0.487. The molecule has 0 spiro atoms. The van der Waals surface area contributed by atoms with Gasteiger partial charge in [-0.25, -0.2) is 14.0 Å². The van der Waals surface area contributed by atoms with Crippen LogP contribution in [0, 0.1) is 12.7 Å². The first kappa shape index (κ1) is 37.1. The lowest BCUT2D eigenvalue weighted by atomic mass is 9.95. The molecule has 3 aromatic rings. The van der Waals surface area contributed by atoms with Crippen LogP contribution < -0.4 is 15.1 Å². The lowest BCUT2D eigenvalue weighted by molar-refractivity contribution is 0.0205. The molecule has 0 radical (unpaired) electrons. The Kier molecular flexibility index (Phi) is 11.5. The van der Waals surface area contributed by atoms with E-state index >= 15 is 4.39 Å². The molecule has 3 aromatic carbocycles. The number of benzene rings is 3. The van der Waals surface area contributed by atoms with E-state index in [1.165, 1.54) is 7.11 Å². The lowest BCUT2D eigenvalue weighted by Gasteiger charge is -2.44. The largest absolute Gasteiger partial charge is 0.487 e. The quantitative estimate of drug-likeness (QED) is 0.163. The predicted octanol–water partition coefficient (Wildman–Crippen LogP) is 7.60. The molecule has 1 amide bonds. The standard InChI is InChI=1S/C39H52FNO6Si/c1-26(2)45-35-33(36(42)44-10)28(23-27(3)34(35)40)21-22-29-24-30(25-41(29)37(43)46-38(4,5)6)47-48(39(7,8)9,31-17-13-11-14-18-31)32-19-15-12-16-20-32/h11-20,23,26,29-30H,21-22,24-25H2,1-10H3/t29-,30-/m0/s1. The summed E-state index contributed by atoms with van der Waals surface area (Å²) in [7, 11) is -1.63. The Hall–Kier alpha value is -3.69. The van der Waals surface area contributed by atoms with E-state index in [0.29, 0.717) is 36.9 Å². The van der Waals surface area contributed by atoms with Crippen LogP contribution in [0.3, 0.4) is 0 Å². The van der Waals surface area contributed by atoms with Gasteiger partial charge < -0.3 is 23.5 Å². The number of carbonyl (C=O) groups is 2. The van der Waals surface area contributed by atoms with Crippen molar-refractivity contribution < 1.29 is 32.6 Å². The molecule has 0 unspecified atom stereocenters. The van der Waals surface area contributed by atoms with Gasteiger partial charge in [0.1, 0.15) is 11.2 Å². The van der Waals surface area contributed by atoms with Crippen molar-refractivity contribution in [2.24, 2.45) is 0 Å². The smallest absolute Gasteiger partial charge is 0.410 e. The molecule has 7 nitrogen and oxygen atoms in total. The molecule has 0 bridgehead atoms. The average Bonchev–Trinajstić information content (AvgIpc) is 3.43. The summed E-state index contributed by atoms with van der Waals surface area (Å²) in [5.41, 5.74) is 0.373. The third-order valence-corrected chi connectivity index (χ3v) is 13.8. The Morgan fingerprint density at radius 3 is 2.00 bits per heavy atom. The zero-order chi connectivity index (χ0) is 35.4. The van der Waals surface area contributed by atoms with Crippen LogP contribution in [0.4, 0.5) is 9.18 Å². The van der Waals surface area contributed by atoms with E-state index in [9.17, 15) is 9.59 Å². The van der Waals surface area contributed by atoms with Gasteiger partial charge in [0.25, 0.3) is 8.32 Å². The number of esters is 1. The number of aryl methyl sites for hydroxylation is 2. The normalized spacial score (nSPS) is 17.0. The van der Waals surface area contributed by atoms with Gasteiger partial charge in [-0.15, -0.1) is 0 Å². The highest BCUT2D eigenvalue weighted by Crippen LogP contribution is 2.40. The van der Waals surface area contributed by atoms with E-state index in [0.717, 1.165) is 10.4 Å². The van der Waals surface area contributed by atoms with Gasteiger partial charge in [0, 0.05) is 12.6 Å². The average molecular weight is 678 g/mol. The molecule has 48 heavy (non-hydrogen) atoms. The fourth-order valence-electron chi connectivity index (χ4n) is 6.74. The van der Waals surface area contributed by atoms with Gasteiger partial charge in [-0.1, -0.05) is 87.5 Å². The minimum Gasteiger partial charge on any atom is -0.487 e. The lowest BCUT2D eigenvalue weighted by Crippen LogP contribution is -2.67. The van der Waals surface area contributed by atoms with Gasteiger partial charge in [0.15, 0.2) is 11.6 Å². The van der Waals surface area contributed by atoms with Crippen LogP contribution >= 0.6 is 0 Å². The number of hydrogen-bond acceptors (Lipinski definition) is 6. The molecule has 4 rings (SSSR count). The van der Waals surface area contributed by atoms with Gasteiger partial charge in [0.05, 0.1) is 19.3 Å². The van der Waals surface area contributed by atoms with Crippen LogP contribution in [0.15, 0.2) is 66.7 Å². The Labute approximate surface area is 286 Å². The Morgan fingerprint density at radius 2 is 1.52 bits per heavy atom. The second-order valence-corrected chi connectivity index (χ2v) is 19.2. The van der Waals surface area contributed by atoms with Crippen molar-refractivity contribution in [3.63, 3.8) is 0 Å². The van der Waals surface area contributed by atoms with Crippen LogP contribution in [-0.4, -0.2) is 62.8 Å². The first-order chi connectivity index (χ1) is 22.5. The fourth-order valence-corrected chi connectivity index (χ4v) is 11.4. The number of methoxy groups -OCH3 is 1. The molecule has 0 aromatic heterocycles. The first-order valence-corrected chi connectivity index (χ1v) is 18.7. The number of amides is 1. The van der Waals surface area contributed by atoms with Crippen molar-refractivity contribution in [1.29, 1.82) is 0 Å². The Morgan fingerprint density at radius 1 is 0.958 bits per heavy atom. The van der Waals surface area contributed by atoms with E-state index in [4.69, 9.17) is 18.6 Å². The van der Waals surface area contributed by atoms with Gasteiger partial charge >= 0.3 is 12.1 Å². The van der Waals surface area contributed by atoms with Crippen molar-refractivity contribution in [2.45, 2.75) is 110 Å². The number of likely N-dealkylation sites (tertiary alicyclic amines) is 1. The molecule has 1 fully saturated rings. The molecular weight excluding hydrogens is 626 g/mol. The molecule has 0 saturated carbocycles. The van der Waals surface area contributed by atoms with Crippen molar-refractivity contribution in [3.8, 4) is 5.75 Å². The number of halogens is 1. The molecular formula is C39H52FNO6Si. The van der Waals surface area contributed by atoms with E-state index in [-0.39, 0.29) is 34.6 Å². The predicted molar refractivity (Wildman–Crippen MR) is 190 cm³/mol. The molecule has 1 aliphatic heterocycles. The highest BCUT2D eigenvalue weighted by atomic mass is 28.4. The maximum Gasteiger partial charge on any atom is 0.410 e. The molecule has 1 heterocycles. The number of carbonyl (C=O) groups excluding carboxylic acids is 2. The van der Waals surface area contributed by atoms with Gasteiger partial charge in [-0.3, -0.25) is 0 Å². The van der Waals surface area contributed by atoms with Crippen molar-refractivity contribution in [2.75, 3.05) is 13.7 Å². The SMILES string of the molecule is COC(=O)c1c(CC[C@H]2C[C@H](O[Si](c3ccccc3)(c3ccccc3)C(C)(C)C)CN2C(=O)OC(C)(C)C)cc(C)c(F)c1OC(C)C. The van der Waals surface area contributed by atoms with Crippen molar-refractivity contribution >= 4 is 30.8 Å². The van der Waals surface area contributed by atoms with E-state index < -0.39 is 31.8 Å². The van der Waals surface area contributed by atoms with Crippen molar-refractivity contribution in [1.82, 2.24) is 4.90 Å². The van der Waals surface area contributed by atoms with Gasteiger partial charge in [-0.2, -0.15) is 0 Å². The van der Waals surface area contributed by atoms with Crippen LogP contribution in [0.5, 0.6) is 5.75 Å². The molecule has 9 heteroatoms. The zero-order valence-electron chi connectivity index (χ0n) is 30.2. The molecule has 0 N–H and O–H groups in total. The Bertz CT molecular complexity index is 1530. The highest BCUT2D eigenvalue weighted by molar-refractivity contribution is 6.99. The number of ether oxygens (including phenoxy) is 3. The summed E-state index contributed by atoms with van der Waals surface area (Å²) in [6, 6.07) is 22.3. The molecule has 2 atom stereocenters. The minimum atomic E-state index is -2.91. The van der Waals surface area contributed by atoms with Crippen LogP contribution in [0.25, 0.3) is 0 Å². The summed E-state index contributed by atoms with van der Waals surface area (Å²) < 4.78 is 39.6. The summed E-state index contributed by atoms with van der Waals surface area (Å²) in [4.78, 5) is 28.5. The summed E-state index contributed by atoms with van der Waals surface area (Å²) >= 11 is 0.